The van der Waals surface area contributed by atoms with Crippen molar-refractivity contribution < 1.29 is 15.0 Å². The molecule has 2 aliphatic rings. The van der Waals surface area contributed by atoms with Gasteiger partial charge in [0.2, 0.25) is 5.91 Å². The fourth-order valence-corrected chi connectivity index (χ4v) is 4.40. The third kappa shape index (κ3) is 2.81. The van der Waals surface area contributed by atoms with Gasteiger partial charge in [-0.3, -0.25) is 4.79 Å². The number of aromatic hydroxyl groups is 1. The number of carbonyl (C=O) groups is 1. The Morgan fingerprint density at radius 3 is 2.42 bits per heavy atom. The largest absolute Gasteiger partial charge is 0.508 e. The zero-order valence-corrected chi connectivity index (χ0v) is 15.6. The average Bonchev–Trinajstić information content (AvgIpc) is 3.17. The molecule has 2 fully saturated rings. The molecule has 0 bridgehead atoms. The number of nitrogens with one attached hydrogen (secondary N) is 2. The van der Waals surface area contributed by atoms with E-state index in [0.717, 1.165) is 15.6 Å². The fraction of sp³-hybridized carbons (Fsp3) is 0.316. The van der Waals surface area contributed by atoms with Crippen LogP contribution in [-0.2, 0) is 4.79 Å². The summed E-state index contributed by atoms with van der Waals surface area (Å²) in [6.07, 6.45) is 0. The van der Waals surface area contributed by atoms with Crippen LogP contribution in [0.25, 0.3) is 0 Å². The number of likely N-dealkylation sites (tertiary alicyclic amines) is 1. The Labute approximate surface area is 159 Å². The van der Waals surface area contributed by atoms with E-state index in [0.29, 0.717) is 0 Å². The number of para-hydroxylation sites is 1. The molecule has 4 unspecified atom stereocenters. The molecule has 7 heteroatoms. The maximum absolute atomic E-state index is 12.9. The van der Waals surface area contributed by atoms with E-state index in [1.165, 1.54) is 0 Å². The SMILES string of the molecule is O=C1C2NNC(c3ccccc3O)C2C(c2ccc(Br)cc2)N1CCO. The number of hydrazine groups is 1. The van der Waals surface area contributed by atoms with Crippen molar-refractivity contribution in [3.63, 3.8) is 0 Å². The number of nitrogens with zero attached hydrogens (tertiary/aromatic N) is 1. The highest BCUT2D eigenvalue weighted by Crippen LogP contribution is 2.48. The fourth-order valence-electron chi connectivity index (χ4n) is 4.13. The molecule has 0 radical (unpaired) electrons. The van der Waals surface area contributed by atoms with Crippen LogP contribution in [-0.4, -0.2) is 40.2 Å². The van der Waals surface area contributed by atoms with Crippen LogP contribution < -0.4 is 10.9 Å². The lowest BCUT2D eigenvalue weighted by Gasteiger charge is -2.31. The first kappa shape index (κ1) is 17.5. The number of fused-ring (bicyclic) bond motifs is 1. The summed E-state index contributed by atoms with van der Waals surface area (Å²) in [4.78, 5) is 14.7. The lowest BCUT2D eigenvalue weighted by atomic mass is 9.83. The van der Waals surface area contributed by atoms with Crippen molar-refractivity contribution in [3.05, 3.63) is 64.1 Å². The van der Waals surface area contributed by atoms with E-state index < -0.39 is 6.04 Å². The second kappa shape index (κ2) is 7.00. The molecule has 0 spiro atoms. The summed E-state index contributed by atoms with van der Waals surface area (Å²) >= 11 is 3.45. The molecule has 4 atom stereocenters. The Kier molecular flexibility index (Phi) is 4.71. The Morgan fingerprint density at radius 1 is 1.04 bits per heavy atom. The minimum absolute atomic E-state index is 0.0395. The average molecular weight is 418 g/mol. The number of amides is 1. The van der Waals surface area contributed by atoms with Crippen LogP contribution in [0, 0.1) is 5.92 Å². The number of rotatable bonds is 4. The number of hydrogen-bond donors (Lipinski definition) is 4. The number of aliphatic hydroxyl groups is 1. The van der Waals surface area contributed by atoms with Crippen molar-refractivity contribution in [2.45, 2.75) is 18.1 Å². The second-order valence-electron chi connectivity index (χ2n) is 6.63. The number of hydrogen-bond acceptors (Lipinski definition) is 5. The molecule has 4 rings (SSSR count). The van der Waals surface area contributed by atoms with Gasteiger partial charge in [-0.05, 0) is 23.8 Å². The summed E-state index contributed by atoms with van der Waals surface area (Å²) < 4.78 is 0.968. The minimum atomic E-state index is -0.403. The molecular weight excluding hydrogens is 398 g/mol. The number of carbonyl (C=O) groups excluding carboxylic acids is 1. The maximum atomic E-state index is 12.9. The van der Waals surface area contributed by atoms with Crippen LogP contribution >= 0.6 is 15.9 Å². The van der Waals surface area contributed by atoms with Crippen molar-refractivity contribution in [3.8, 4) is 5.75 Å². The first-order valence-corrected chi connectivity index (χ1v) is 9.37. The maximum Gasteiger partial charge on any atom is 0.242 e. The van der Waals surface area contributed by atoms with E-state index in [1.54, 1.807) is 17.0 Å². The number of phenolic OH excluding ortho intramolecular Hbond substituents is 1. The van der Waals surface area contributed by atoms with E-state index >= 15 is 0 Å². The first-order valence-electron chi connectivity index (χ1n) is 8.57. The molecule has 2 aromatic rings. The molecular formula is C19H20BrN3O3. The summed E-state index contributed by atoms with van der Waals surface area (Å²) in [6, 6.07) is 14.3. The van der Waals surface area contributed by atoms with Crippen molar-refractivity contribution in [2.75, 3.05) is 13.2 Å². The zero-order valence-electron chi connectivity index (χ0n) is 14.0. The summed E-state index contributed by atoms with van der Waals surface area (Å²) in [6.45, 7) is 0.189. The summed E-state index contributed by atoms with van der Waals surface area (Å²) in [5, 5.41) is 19.8. The van der Waals surface area contributed by atoms with Crippen LogP contribution in [0.5, 0.6) is 5.75 Å². The summed E-state index contributed by atoms with van der Waals surface area (Å²) in [7, 11) is 0. The molecule has 1 amide bonds. The van der Waals surface area contributed by atoms with Crippen LogP contribution in [0.2, 0.25) is 0 Å². The first-order chi connectivity index (χ1) is 12.6. The highest BCUT2D eigenvalue weighted by Gasteiger charge is 2.55. The quantitative estimate of drug-likeness (QED) is 0.610. The Bertz CT molecular complexity index is 814. The van der Waals surface area contributed by atoms with E-state index in [9.17, 15) is 15.0 Å². The van der Waals surface area contributed by atoms with Gasteiger partial charge in [-0.15, -0.1) is 0 Å². The Balaban J connectivity index is 1.78. The van der Waals surface area contributed by atoms with E-state index in [2.05, 4.69) is 26.8 Å². The highest BCUT2D eigenvalue weighted by atomic mass is 79.9. The van der Waals surface area contributed by atoms with Crippen LogP contribution in [0.3, 0.4) is 0 Å². The van der Waals surface area contributed by atoms with Gasteiger partial charge < -0.3 is 15.1 Å². The van der Waals surface area contributed by atoms with Gasteiger partial charge in [-0.25, -0.2) is 10.9 Å². The van der Waals surface area contributed by atoms with Gasteiger partial charge in [0, 0.05) is 22.5 Å². The smallest absolute Gasteiger partial charge is 0.242 e. The number of β-amino-alcohol motifs (C(OH)–C–C–N with tert-alkyl or cyclic N) is 1. The Morgan fingerprint density at radius 2 is 1.73 bits per heavy atom. The molecule has 136 valence electrons. The number of aliphatic hydroxyl groups excluding tert-OH is 1. The van der Waals surface area contributed by atoms with Crippen LogP contribution in [0.1, 0.15) is 23.2 Å². The van der Waals surface area contributed by atoms with Gasteiger partial charge in [-0.2, -0.15) is 0 Å². The van der Waals surface area contributed by atoms with Gasteiger partial charge in [0.05, 0.1) is 18.7 Å². The molecule has 2 saturated heterocycles. The van der Waals surface area contributed by atoms with Crippen molar-refractivity contribution in [1.82, 2.24) is 15.8 Å². The number of halogens is 1. The number of benzene rings is 2. The van der Waals surface area contributed by atoms with E-state index in [1.807, 2.05) is 36.4 Å². The molecule has 2 aliphatic heterocycles. The van der Waals surface area contributed by atoms with Crippen LogP contribution in [0.15, 0.2) is 53.0 Å². The van der Waals surface area contributed by atoms with Gasteiger partial charge in [0.25, 0.3) is 0 Å². The summed E-state index contributed by atoms with van der Waals surface area (Å²) in [5.41, 5.74) is 8.06. The van der Waals surface area contributed by atoms with Gasteiger partial charge in [0.1, 0.15) is 11.8 Å². The number of phenols is 1. The van der Waals surface area contributed by atoms with Crippen LogP contribution in [0.4, 0.5) is 0 Å². The van der Waals surface area contributed by atoms with Gasteiger partial charge >= 0.3 is 0 Å². The van der Waals surface area contributed by atoms with Gasteiger partial charge in [0.15, 0.2) is 0 Å². The molecule has 0 aliphatic carbocycles. The lowest BCUT2D eigenvalue weighted by molar-refractivity contribution is -0.131. The third-order valence-electron chi connectivity index (χ3n) is 5.24. The monoisotopic (exact) mass is 417 g/mol. The summed E-state index contributed by atoms with van der Waals surface area (Å²) in [5.74, 6) is 0.0565. The standard InChI is InChI=1S/C19H20BrN3O3/c20-12-7-5-11(6-8-12)18-15-16(13-3-1-2-4-14(13)25)21-22-17(15)19(26)23(18)9-10-24/h1-8,15-18,21-22,24-25H,9-10H2. The molecule has 2 aromatic carbocycles. The normalized spacial score (nSPS) is 27.8. The molecule has 2 heterocycles. The Hall–Kier alpha value is -1.93. The van der Waals surface area contributed by atoms with E-state index in [-0.39, 0.29) is 42.8 Å². The minimum Gasteiger partial charge on any atom is -0.508 e. The molecule has 4 N–H and O–H groups in total. The zero-order chi connectivity index (χ0) is 18.3. The predicted molar refractivity (Wildman–Crippen MR) is 100 cm³/mol. The van der Waals surface area contributed by atoms with Crippen molar-refractivity contribution in [1.29, 1.82) is 0 Å². The topological polar surface area (TPSA) is 84.8 Å². The third-order valence-corrected chi connectivity index (χ3v) is 5.77. The van der Waals surface area contributed by atoms with Gasteiger partial charge in [-0.1, -0.05) is 46.3 Å². The molecule has 26 heavy (non-hydrogen) atoms. The highest BCUT2D eigenvalue weighted by molar-refractivity contribution is 9.10. The lowest BCUT2D eigenvalue weighted by Crippen LogP contribution is -2.42. The molecule has 0 saturated carbocycles. The molecule has 6 nitrogen and oxygen atoms in total. The van der Waals surface area contributed by atoms with Crippen molar-refractivity contribution in [2.24, 2.45) is 5.92 Å². The van der Waals surface area contributed by atoms with E-state index in [4.69, 9.17) is 0 Å². The predicted octanol–water partition coefficient (Wildman–Crippen LogP) is 1.86. The van der Waals surface area contributed by atoms with Crippen molar-refractivity contribution >= 4 is 21.8 Å². The second-order valence-corrected chi connectivity index (χ2v) is 7.55. The molecule has 0 aromatic heterocycles.